The summed E-state index contributed by atoms with van der Waals surface area (Å²) in [5.74, 6) is 0.949. The van der Waals surface area contributed by atoms with Crippen molar-refractivity contribution >= 4 is 23.6 Å². The van der Waals surface area contributed by atoms with Crippen LogP contribution in [0.4, 0.5) is 0 Å². The maximum absolute atomic E-state index is 12.8. The summed E-state index contributed by atoms with van der Waals surface area (Å²) in [5, 5.41) is 6.85. The van der Waals surface area contributed by atoms with Gasteiger partial charge in [-0.2, -0.15) is 0 Å². The van der Waals surface area contributed by atoms with E-state index in [-0.39, 0.29) is 24.2 Å². The summed E-state index contributed by atoms with van der Waals surface area (Å²) >= 11 is 1.31. The van der Waals surface area contributed by atoms with E-state index in [0.717, 1.165) is 23.2 Å². The maximum Gasteiger partial charge on any atom is 0.343 e. The van der Waals surface area contributed by atoms with Gasteiger partial charge in [-0.05, 0) is 60.2 Å². The Morgan fingerprint density at radius 1 is 1.30 bits per heavy atom. The van der Waals surface area contributed by atoms with Gasteiger partial charge in [-0.25, -0.2) is 4.79 Å². The van der Waals surface area contributed by atoms with Crippen LogP contribution in [0.2, 0.25) is 0 Å². The number of rotatable bonds is 9. The lowest BCUT2D eigenvalue weighted by Crippen LogP contribution is -2.26. The van der Waals surface area contributed by atoms with E-state index in [1.807, 2.05) is 30.3 Å². The number of nitrogens with zero attached hydrogens (tertiary/aromatic N) is 1. The Kier molecular flexibility index (Phi) is 6.04. The van der Waals surface area contributed by atoms with Crippen LogP contribution < -0.4 is 10.1 Å². The summed E-state index contributed by atoms with van der Waals surface area (Å²) in [6.07, 6.45) is 4.86. The van der Waals surface area contributed by atoms with Gasteiger partial charge in [0.2, 0.25) is 5.76 Å². The summed E-state index contributed by atoms with van der Waals surface area (Å²) in [5.41, 5.74) is 0.435. The van der Waals surface area contributed by atoms with Crippen LogP contribution in [0, 0.1) is 17.3 Å². The molecule has 2 aliphatic carbocycles. The van der Waals surface area contributed by atoms with Crippen LogP contribution in [0.3, 0.4) is 0 Å². The summed E-state index contributed by atoms with van der Waals surface area (Å²) < 4.78 is 15.3. The van der Waals surface area contributed by atoms with E-state index in [1.165, 1.54) is 38.1 Å². The third-order valence-corrected chi connectivity index (χ3v) is 7.13. The molecule has 1 aromatic carbocycles. The molecule has 2 aliphatic rings. The van der Waals surface area contributed by atoms with Crippen molar-refractivity contribution in [2.45, 2.75) is 42.4 Å². The number of hydrogen-bond donors (Lipinski definition) is 1. The van der Waals surface area contributed by atoms with E-state index in [2.05, 4.69) is 22.1 Å². The quantitative estimate of drug-likeness (QED) is 0.603. The van der Waals surface area contributed by atoms with Crippen molar-refractivity contribution in [1.82, 2.24) is 10.5 Å². The molecule has 0 aliphatic heterocycles. The van der Waals surface area contributed by atoms with Gasteiger partial charge >= 0.3 is 5.97 Å². The van der Waals surface area contributed by atoms with Gasteiger partial charge in [0.05, 0.1) is 7.11 Å². The predicted octanol–water partition coefficient (Wildman–Crippen LogP) is 3.93. The van der Waals surface area contributed by atoms with Gasteiger partial charge in [-0.15, -0.1) is 0 Å². The number of esters is 1. The van der Waals surface area contributed by atoms with Gasteiger partial charge in [-0.1, -0.05) is 36.9 Å². The number of methoxy groups -OCH3 is 1. The molecule has 0 bridgehead atoms. The first-order chi connectivity index (χ1) is 14.5. The Bertz CT molecular complexity index is 916. The van der Waals surface area contributed by atoms with E-state index in [0.29, 0.717) is 16.9 Å². The van der Waals surface area contributed by atoms with Crippen molar-refractivity contribution in [1.29, 1.82) is 0 Å². The lowest BCUT2D eigenvalue weighted by atomic mass is 9.95. The van der Waals surface area contributed by atoms with Crippen molar-refractivity contribution in [2.24, 2.45) is 17.3 Å². The zero-order valence-electron chi connectivity index (χ0n) is 17.2. The highest BCUT2D eigenvalue weighted by Gasteiger charge is 2.58. The summed E-state index contributed by atoms with van der Waals surface area (Å²) in [6.45, 7) is 2.61. The molecule has 0 spiro atoms. The number of benzene rings is 1. The minimum absolute atomic E-state index is 0.0911. The molecule has 7 nitrogen and oxygen atoms in total. The van der Waals surface area contributed by atoms with E-state index >= 15 is 0 Å². The van der Waals surface area contributed by atoms with Crippen LogP contribution >= 0.6 is 11.8 Å². The zero-order chi connectivity index (χ0) is 21.1. The van der Waals surface area contributed by atoms with Crippen LogP contribution in [0.5, 0.6) is 5.88 Å². The lowest BCUT2D eigenvalue weighted by Gasteiger charge is -2.14. The molecule has 1 amide bonds. The summed E-state index contributed by atoms with van der Waals surface area (Å²) in [7, 11) is 1.28. The molecule has 1 N–H and O–H groups in total. The molecule has 0 saturated heterocycles. The fourth-order valence-corrected chi connectivity index (χ4v) is 5.51. The zero-order valence-corrected chi connectivity index (χ0v) is 18.0. The largest absolute Gasteiger partial charge is 0.466 e. The maximum atomic E-state index is 12.8. The van der Waals surface area contributed by atoms with Crippen molar-refractivity contribution in [3.63, 3.8) is 0 Å². The fourth-order valence-electron chi connectivity index (χ4n) is 4.58. The first kappa shape index (κ1) is 20.8. The second kappa shape index (κ2) is 8.71. The Morgan fingerprint density at radius 3 is 2.80 bits per heavy atom. The molecule has 30 heavy (non-hydrogen) atoms. The topological polar surface area (TPSA) is 90.7 Å². The molecule has 4 rings (SSSR count). The third-order valence-electron chi connectivity index (χ3n) is 6.05. The number of carbonyl (C=O) groups excluding carboxylic acids is 2. The van der Waals surface area contributed by atoms with E-state index < -0.39 is 5.97 Å². The molecule has 1 aromatic heterocycles. The van der Waals surface area contributed by atoms with Crippen LogP contribution in [0.25, 0.3) is 0 Å². The van der Waals surface area contributed by atoms with Gasteiger partial charge in [-0.3, -0.25) is 4.79 Å². The van der Waals surface area contributed by atoms with Crippen LogP contribution in [0.15, 0.2) is 44.6 Å². The van der Waals surface area contributed by atoms with Gasteiger partial charge < -0.3 is 19.3 Å². The third kappa shape index (κ3) is 4.48. The standard InChI is InChI=1S/C22H26N2O5S/c1-14-10-15-12-22(15,11-14)8-9-23-20(26)18-19(30-16-6-4-3-5-7-16)21(24-29-18)28-13-17(25)27-2/h3-7,14-15H,8-13H2,1-2H3,(H,23,26). The summed E-state index contributed by atoms with van der Waals surface area (Å²) in [6, 6.07) is 9.54. The molecular formula is C22H26N2O5S. The Labute approximate surface area is 179 Å². The van der Waals surface area contributed by atoms with Crippen molar-refractivity contribution in [2.75, 3.05) is 20.3 Å². The molecule has 1 heterocycles. The molecule has 3 atom stereocenters. The van der Waals surface area contributed by atoms with Gasteiger partial charge in [0, 0.05) is 11.4 Å². The second-order valence-electron chi connectivity index (χ2n) is 8.24. The number of fused-ring (bicyclic) bond motifs is 1. The van der Waals surface area contributed by atoms with Crippen LogP contribution in [-0.4, -0.2) is 37.3 Å². The second-order valence-corrected chi connectivity index (χ2v) is 9.32. The highest BCUT2D eigenvalue weighted by molar-refractivity contribution is 7.99. The number of nitrogens with one attached hydrogen (secondary N) is 1. The van der Waals surface area contributed by atoms with Gasteiger partial charge in [0.25, 0.3) is 11.8 Å². The monoisotopic (exact) mass is 430 g/mol. The Hall–Kier alpha value is -2.48. The van der Waals surface area contributed by atoms with Crippen LogP contribution in [0.1, 0.15) is 43.2 Å². The van der Waals surface area contributed by atoms with Crippen molar-refractivity contribution in [3.05, 3.63) is 36.1 Å². The molecule has 3 unspecified atom stereocenters. The average Bonchev–Trinajstić information content (AvgIpc) is 3.07. The summed E-state index contributed by atoms with van der Waals surface area (Å²) in [4.78, 5) is 25.6. The Balaban J connectivity index is 1.43. The highest BCUT2D eigenvalue weighted by atomic mass is 32.2. The Morgan fingerprint density at radius 2 is 2.10 bits per heavy atom. The van der Waals surface area contributed by atoms with Crippen LogP contribution in [-0.2, 0) is 9.53 Å². The normalized spacial score (nSPS) is 24.2. The number of hydrogen-bond acceptors (Lipinski definition) is 7. The first-order valence-corrected chi connectivity index (χ1v) is 11.0. The number of amides is 1. The van der Waals surface area contributed by atoms with E-state index in [9.17, 15) is 9.59 Å². The van der Waals surface area contributed by atoms with Gasteiger partial charge in [0.15, 0.2) is 6.61 Å². The minimum Gasteiger partial charge on any atom is -0.466 e. The lowest BCUT2D eigenvalue weighted by molar-refractivity contribution is -0.143. The molecule has 2 saturated carbocycles. The SMILES string of the molecule is COC(=O)COc1noc(C(=O)NCCC23CC(C)CC2C3)c1Sc1ccccc1. The number of carbonyl (C=O) groups is 2. The molecule has 0 radical (unpaired) electrons. The van der Waals surface area contributed by atoms with E-state index in [4.69, 9.17) is 9.26 Å². The number of aromatic nitrogens is 1. The molecule has 2 aromatic rings. The molecule has 160 valence electrons. The fraction of sp³-hybridized carbons (Fsp3) is 0.500. The minimum atomic E-state index is -0.538. The van der Waals surface area contributed by atoms with Crippen molar-refractivity contribution in [3.8, 4) is 5.88 Å². The molecular weight excluding hydrogens is 404 g/mol. The molecule has 2 fully saturated rings. The van der Waals surface area contributed by atoms with E-state index in [1.54, 1.807) is 0 Å². The first-order valence-electron chi connectivity index (χ1n) is 10.2. The highest BCUT2D eigenvalue weighted by Crippen LogP contribution is 2.67. The number of ether oxygens (including phenoxy) is 2. The van der Waals surface area contributed by atoms with Crippen molar-refractivity contribution < 1.29 is 23.6 Å². The predicted molar refractivity (Wildman–Crippen MR) is 110 cm³/mol. The van der Waals surface area contributed by atoms with Gasteiger partial charge in [0.1, 0.15) is 4.90 Å². The molecule has 8 heteroatoms. The smallest absolute Gasteiger partial charge is 0.343 e. The average molecular weight is 431 g/mol.